The first-order chi connectivity index (χ1) is 14.1. The number of piperazine rings is 1. The molecule has 7 nitrogen and oxygen atoms in total. The zero-order chi connectivity index (χ0) is 20.4. The largest absolute Gasteiger partial charge is 0.390 e. The van der Waals surface area contributed by atoms with Gasteiger partial charge >= 0.3 is 0 Å². The lowest BCUT2D eigenvalue weighted by Gasteiger charge is -2.45. The summed E-state index contributed by atoms with van der Waals surface area (Å²) in [6.45, 7) is 13.8. The standard InChI is InChI=1S/C22H34N6O/c1-4-28-18(3)19(17(2)24-28)15-25-10-8-20(21(29)16-25)26-11-13-27(14-12-26)22-7-5-6-9-23-22/h5-7,9,20-21,29H,4,8,10-16H2,1-3H3/t20-,21-/m0/s1. The number of aliphatic hydroxyl groups excluding tert-OH is 1. The van der Waals surface area contributed by atoms with Gasteiger partial charge in [-0.3, -0.25) is 14.5 Å². The minimum atomic E-state index is -0.299. The van der Waals surface area contributed by atoms with Gasteiger partial charge in [-0.2, -0.15) is 5.10 Å². The van der Waals surface area contributed by atoms with Gasteiger partial charge in [-0.1, -0.05) is 6.07 Å². The Bertz CT molecular complexity index is 799. The zero-order valence-corrected chi connectivity index (χ0v) is 18.0. The van der Waals surface area contributed by atoms with E-state index in [1.54, 1.807) is 0 Å². The van der Waals surface area contributed by atoms with Crippen LogP contribution in [0.5, 0.6) is 0 Å². The van der Waals surface area contributed by atoms with E-state index in [9.17, 15) is 5.11 Å². The van der Waals surface area contributed by atoms with Crippen molar-refractivity contribution in [2.45, 2.75) is 52.4 Å². The number of aryl methyl sites for hydroxylation is 2. The van der Waals surface area contributed by atoms with Crippen LogP contribution in [0.4, 0.5) is 5.82 Å². The molecule has 0 aromatic carbocycles. The number of likely N-dealkylation sites (tertiary alicyclic amines) is 1. The van der Waals surface area contributed by atoms with Crippen molar-refractivity contribution in [3.05, 3.63) is 41.3 Å². The third-order valence-corrected chi connectivity index (χ3v) is 6.60. The number of hydrogen-bond acceptors (Lipinski definition) is 6. The Balaban J connectivity index is 1.31. The predicted octanol–water partition coefficient (Wildman–Crippen LogP) is 1.67. The van der Waals surface area contributed by atoms with Crippen molar-refractivity contribution >= 4 is 5.82 Å². The van der Waals surface area contributed by atoms with Crippen molar-refractivity contribution < 1.29 is 5.11 Å². The molecular weight excluding hydrogens is 364 g/mol. The van der Waals surface area contributed by atoms with Gasteiger partial charge in [0.1, 0.15) is 5.82 Å². The van der Waals surface area contributed by atoms with Crippen LogP contribution in [-0.4, -0.2) is 81.1 Å². The van der Waals surface area contributed by atoms with Crippen LogP contribution in [0, 0.1) is 13.8 Å². The summed E-state index contributed by atoms with van der Waals surface area (Å²) in [4.78, 5) is 11.7. The second-order valence-corrected chi connectivity index (χ2v) is 8.33. The van der Waals surface area contributed by atoms with E-state index in [1.165, 1.54) is 11.3 Å². The smallest absolute Gasteiger partial charge is 0.128 e. The molecule has 4 heterocycles. The van der Waals surface area contributed by atoms with Gasteiger partial charge in [0.25, 0.3) is 0 Å². The second-order valence-electron chi connectivity index (χ2n) is 8.33. The average Bonchev–Trinajstić information content (AvgIpc) is 3.02. The second kappa shape index (κ2) is 8.81. The molecule has 1 N–H and O–H groups in total. The number of piperidine rings is 1. The average molecular weight is 399 g/mol. The number of anilines is 1. The van der Waals surface area contributed by atoms with E-state index < -0.39 is 0 Å². The molecule has 7 heteroatoms. The van der Waals surface area contributed by atoms with Crippen LogP contribution in [0.3, 0.4) is 0 Å². The molecule has 2 aliphatic rings. The molecule has 0 radical (unpaired) electrons. The topological polar surface area (TPSA) is 60.7 Å². The highest BCUT2D eigenvalue weighted by atomic mass is 16.3. The Morgan fingerprint density at radius 3 is 2.52 bits per heavy atom. The van der Waals surface area contributed by atoms with Gasteiger partial charge in [-0.25, -0.2) is 4.98 Å². The Labute approximate surface area is 173 Å². The van der Waals surface area contributed by atoms with E-state index in [4.69, 9.17) is 0 Å². The Morgan fingerprint density at radius 1 is 1.10 bits per heavy atom. The molecule has 2 atom stereocenters. The summed E-state index contributed by atoms with van der Waals surface area (Å²) < 4.78 is 2.08. The fourth-order valence-corrected chi connectivity index (χ4v) is 4.87. The number of hydrogen-bond donors (Lipinski definition) is 1. The first kappa shape index (κ1) is 20.3. The molecule has 158 valence electrons. The summed E-state index contributed by atoms with van der Waals surface area (Å²) in [5, 5.41) is 15.6. The summed E-state index contributed by atoms with van der Waals surface area (Å²) >= 11 is 0. The Hall–Kier alpha value is -1.96. The van der Waals surface area contributed by atoms with Crippen LogP contribution in [0.15, 0.2) is 24.4 Å². The molecule has 0 saturated carbocycles. The molecule has 0 spiro atoms. The summed E-state index contributed by atoms with van der Waals surface area (Å²) in [5.74, 6) is 1.06. The van der Waals surface area contributed by atoms with Gasteiger partial charge in [0.05, 0.1) is 11.8 Å². The van der Waals surface area contributed by atoms with Crippen LogP contribution in [0.2, 0.25) is 0 Å². The lowest BCUT2D eigenvalue weighted by atomic mass is 9.98. The zero-order valence-electron chi connectivity index (χ0n) is 18.0. The summed E-state index contributed by atoms with van der Waals surface area (Å²) in [5.41, 5.74) is 3.69. The molecule has 0 amide bonds. The molecule has 29 heavy (non-hydrogen) atoms. The minimum absolute atomic E-state index is 0.262. The third kappa shape index (κ3) is 4.32. The van der Waals surface area contributed by atoms with Gasteiger partial charge in [0, 0.05) is 75.9 Å². The molecule has 2 aromatic rings. The third-order valence-electron chi connectivity index (χ3n) is 6.60. The monoisotopic (exact) mass is 398 g/mol. The van der Waals surface area contributed by atoms with Crippen molar-refractivity contribution in [3.63, 3.8) is 0 Å². The van der Waals surface area contributed by atoms with Crippen molar-refractivity contribution in [2.75, 3.05) is 44.2 Å². The minimum Gasteiger partial charge on any atom is -0.390 e. The molecule has 2 fully saturated rings. The molecule has 0 bridgehead atoms. The van der Waals surface area contributed by atoms with Crippen LogP contribution < -0.4 is 4.90 Å². The van der Waals surface area contributed by atoms with Crippen molar-refractivity contribution in [3.8, 4) is 0 Å². The van der Waals surface area contributed by atoms with Crippen LogP contribution in [-0.2, 0) is 13.1 Å². The first-order valence-electron chi connectivity index (χ1n) is 10.9. The first-order valence-corrected chi connectivity index (χ1v) is 10.9. The fourth-order valence-electron chi connectivity index (χ4n) is 4.87. The lowest BCUT2D eigenvalue weighted by Crippen LogP contribution is -2.58. The number of aromatic nitrogens is 3. The maximum atomic E-state index is 10.9. The normalized spacial score (nSPS) is 24.2. The van der Waals surface area contributed by atoms with Gasteiger partial charge in [-0.15, -0.1) is 0 Å². The van der Waals surface area contributed by atoms with E-state index in [2.05, 4.69) is 56.3 Å². The molecule has 4 rings (SSSR count). The SMILES string of the molecule is CCn1nc(C)c(CN2CC[C@H](N3CCN(c4ccccn4)CC3)[C@@H](O)C2)c1C. The van der Waals surface area contributed by atoms with Gasteiger partial charge in [-0.05, 0) is 39.3 Å². The van der Waals surface area contributed by atoms with Gasteiger partial charge in [0.2, 0.25) is 0 Å². The fraction of sp³-hybridized carbons (Fsp3) is 0.636. The van der Waals surface area contributed by atoms with Gasteiger partial charge in [0.15, 0.2) is 0 Å². The number of rotatable bonds is 5. The highest BCUT2D eigenvalue weighted by Gasteiger charge is 2.34. The number of nitrogens with zero attached hydrogens (tertiary/aromatic N) is 6. The maximum Gasteiger partial charge on any atom is 0.128 e. The molecule has 0 aliphatic carbocycles. The van der Waals surface area contributed by atoms with E-state index in [1.807, 2.05) is 18.3 Å². The van der Waals surface area contributed by atoms with Crippen molar-refractivity contribution in [2.24, 2.45) is 0 Å². The summed E-state index contributed by atoms with van der Waals surface area (Å²) in [6.07, 6.45) is 2.58. The number of pyridine rings is 1. The van der Waals surface area contributed by atoms with E-state index in [0.29, 0.717) is 0 Å². The summed E-state index contributed by atoms with van der Waals surface area (Å²) in [7, 11) is 0. The van der Waals surface area contributed by atoms with Crippen molar-refractivity contribution in [1.82, 2.24) is 24.6 Å². The molecule has 2 aliphatic heterocycles. The highest BCUT2D eigenvalue weighted by molar-refractivity contribution is 5.38. The lowest BCUT2D eigenvalue weighted by molar-refractivity contribution is -0.0173. The van der Waals surface area contributed by atoms with Gasteiger partial charge < -0.3 is 10.0 Å². The highest BCUT2D eigenvalue weighted by Crippen LogP contribution is 2.23. The van der Waals surface area contributed by atoms with Crippen LogP contribution in [0.25, 0.3) is 0 Å². The number of aliphatic hydroxyl groups is 1. The Morgan fingerprint density at radius 2 is 1.90 bits per heavy atom. The van der Waals surface area contributed by atoms with Crippen LogP contribution >= 0.6 is 0 Å². The maximum absolute atomic E-state index is 10.9. The molecule has 0 unspecified atom stereocenters. The molecule has 2 aromatic heterocycles. The van der Waals surface area contributed by atoms with Crippen molar-refractivity contribution in [1.29, 1.82) is 0 Å². The van der Waals surface area contributed by atoms with Crippen LogP contribution in [0.1, 0.15) is 30.3 Å². The number of β-amino-alcohol motifs (C(OH)–C–C–N with tert-alkyl or cyclic N) is 1. The summed E-state index contributed by atoms with van der Waals surface area (Å²) in [6, 6.07) is 6.34. The molecular formula is C22H34N6O. The Kier molecular flexibility index (Phi) is 6.18. The van der Waals surface area contributed by atoms with E-state index >= 15 is 0 Å². The quantitative estimate of drug-likeness (QED) is 0.827. The van der Waals surface area contributed by atoms with E-state index in [0.717, 1.165) is 70.3 Å². The molecule has 2 saturated heterocycles. The van der Waals surface area contributed by atoms with E-state index in [-0.39, 0.29) is 12.1 Å². The predicted molar refractivity (Wildman–Crippen MR) is 115 cm³/mol.